The summed E-state index contributed by atoms with van der Waals surface area (Å²) in [6, 6.07) is 9.17. The van der Waals surface area contributed by atoms with E-state index in [1.807, 2.05) is 30.0 Å². The predicted octanol–water partition coefficient (Wildman–Crippen LogP) is 6.32. The molecule has 200 valence electrons. The summed E-state index contributed by atoms with van der Waals surface area (Å²) >= 11 is 12.9. The van der Waals surface area contributed by atoms with E-state index in [1.165, 1.54) is 6.33 Å². The van der Waals surface area contributed by atoms with E-state index in [0.717, 1.165) is 67.7 Å². The van der Waals surface area contributed by atoms with Crippen molar-refractivity contribution in [2.24, 2.45) is 0 Å². The minimum Gasteiger partial charge on any atom is -0.360 e. The normalized spacial score (nSPS) is 16.9. The molecule has 2 aromatic carbocycles. The second-order valence-corrected chi connectivity index (χ2v) is 10.7. The van der Waals surface area contributed by atoms with E-state index in [-0.39, 0.29) is 18.0 Å². The van der Waals surface area contributed by atoms with Crippen LogP contribution in [0.4, 0.5) is 5.82 Å². The van der Waals surface area contributed by atoms with Crippen molar-refractivity contribution < 1.29 is 4.79 Å². The highest BCUT2D eigenvalue weighted by Gasteiger charge is 2.30. The van der Waals surface area contributed by atoms with Crippen LogP contribution < -0.4 is 5.32 Å². The van der Waals surface area contributed by atoms with E-state index in [2.05, 4.69) is 44.0 Å². The first-order chi connectivity index (χ1) is 18.4. The number of fused-ring (bicyclic) bond motifs is 2. The Bertz CT molecular complexity index is 1450. The van der Waals surface area contributed by atoms with Gasteiger partial charge in [0.05, 0.1) is 33.2 Å². The number of imidazole rings is 1. The molecule has 1 fully saturated rings. The number of benzene rings is 2. The number of aromatic amines is 1. The Balaban J connectivity index is 1.41. The number of H-pyrrole nitrogens is 1. The Morgan fingerprint density at radius 2 is 1.97 bits per heavy atom. The minimum absolute atomic E-state index is 0.0313. The van der Waals surface area contributed by atoms with E-state index in [0.29, 0.717) is 26.9 Å². The first kappa shape index (κ1) is 26.7. The molecule has 1 aliphatic heterocycles. The molecular formula is C28H33Cl2N7O. The van der Waals surface area contributed by atoms with Gasteiger partial charge in [0.1, 0.15) is 18.0 Å². The van der Waals surface area contributed by atoms with Crippen LogP contribution in [-0.2, 0) is 0 Å². The van der Waals surface area contributed by atoms with Gasteiger partial charge < -0.3 is 20.1 Å². The van der Waals surface area contributed by atoms with Crippen molar-refractivity contribution in [3.63, 3.8) is 0 Å². The molecule has 1 amide bonds. The number of hydrogen-bond donors (Lipinski definition) is 2. The zero-order valence-corrected chi connectivity index (χ0v) is 23.5. The molecule has 2 aromatic heterocycles. The second kappa shape index (κ2) is 11.4. The maximum Gasteiger partial charge on any atom is 0.255 e. The van der Waals surface area contributed by atoms with Gasteiger partial charge in [0, 0.05) is 29.5 Å². The number of halogens is 2. The molecule has 4 aromatic rings. The molecule has 2 atom stereocenters. The highest BCUT2D eigenvalue weighted by Crippen LogP contribution is 2.31. The number of carbonyl (C=O) groups excluding carboxylic acids is 1. The number of carbonyl (C=O) groups is 1. The van der Waals surface area contributed by atoms with Crippen LogP contribution in [0.15, 0.2) is 36.7 Å². The summed E-state index contributed by atoms with van der Waals surface area (Å²) < 4.78 is 0. The number of amides is 1. The van der Waals surface area contributed by atoms with Crippen molar-refractivity contribution in [1.29, 1.82) is 0 Å². The molecule has 8 nitrogen and oxygen atoms in total. The van der Waals surface area contributed by atoms with Gasteiger partial charge in [-0.15, -0.1) is 0 Å². The van der Waals surface area contributed by atoms with Gasteiger partial charge in [-0.1, -0.05) is 37.0 Å². The molecular weight excluding hydrogens is 521 g/mol. The summed E-state index contributed by atoms with van der Waals surface area (Å²) in [5.74, 6) is 1.35. The summed E-state index contributed by atoms with van der Waals surface area (Å²) in [6.07, 6.45) is 4.66. The molecule has 0 aliphatic carbocycles. The average Bonchev–Trinajstić information content (AvgIpc) is 3.35. The molecule has 38 heavy (non-hydrogen) atoms. The van der Waals surface area contributed by atoms with E-state index >= 15 is 0 Å². The SMILES string of the molecule is CCN(CC)CC1CCCCN1C(=O)c1cc2ncnc(N[C@H](C)c3nc4cc(Cl)ccc4[nH]3)c2cc1Cl. The first-order valence-electron chi connectivity index (χ1n) is 13.3. The van der Waals surface area contributed by atoms with Crippen LogP contribution in [0.25, 0.3) is 21.9 Å². The Morgan fingerprint density at radius 1 is 1.16 bits per heavy atom. The Kier molecular flexibility index (Phi) is 8.02. The van der Waals surface area contributed by atoms with Crippen molar-refractivity contribution in [1.82, 2.24) is 29.7 Å². The molecule has 0 saturated carbocycles. The van der Waals surface area contributed by atoms with Crippen molar-refractivity contribution >= 4 is 56.9 Å². The van der Waals surface area contributed by atoms with Gasteiger partial charge in [-0.25, -0.2) is 15.0 Å². The molecule has 5 rings (SSSR count). The summed E-state index contributed by atoms with van der Waals surface area (Å²) in [4.78, 5) is 35.0. The number of aromatic nitrogens is 4. The third kappa shape index (κ3) is 5.44. The van der Waals surface area contributed by atoms with Crippen LogP contribution in [0, 0.1) is 0 Å². The summed E-state index contributed by atoms with van der Waals surface area (Å²) in [6.45, 7) is 9.89. The van der Waals surface area contributed by atoms with Gasteiger partial charge in [0.15, 0.2) is 0 Å². The molecule has 0 bridgehead atoms. The maximum atomic E-state index is 13.7. The average molecular weight is 555 g/mol. The lowest BCUT2D eigenvalue weighted by molar-refractivity contribution is 0.0552. The van der Waals surface area contributed by atoms with E-state index in [1.54, 1.807) is 12.1 Å². The fraction of sp³-hybridized carbons (Fsp3) is 0.429. The van der Waals surface area contributed by atoms with Gasteiger partial charge in [-0.3, -0.25) is 4.79 Å². The van der Waals surface area contributed by atoms with Gasteiger partial charge >= 0.3 is 0 Å². The number of piperidine rings is 1. The summed E-state index contributed by atoms with van der Waals surface area (Å²) in [5.41, 5.74) is 2.86. The van der Waals surface area contributed by atoms with Crippen molar-refractivity contribution in [2.75, 3.05) is 31.5 Å². The first-order valence-corrected chi connectivity index (χ1v) is 14.0. The third-order valence-corrected chi connectivity index (χ3v) is 7.98. The second-order valence-electron chi connectivity index (χ2n) is 9.86. The van der Waals surface area contributed by atoms with Crippen LogP contribution in [0.3, 0.4) is 0 Å². The fourth-order valence-corrected chi connectivity index (χ4v) is 5.64. The van der Waals surface area contributed by atoms with E-state index in [9.17, 15) is 4.79 Å². The number of nitrogens with zero attached hydrogens (tertiary/aromatic N) is 5. The Hall–Kier alpha value is -2.94. The van der Waals surface area contributed by atoms with Crippen molar-refractivity contribution in [3.8, 4) is 0 Å². The smallest absolute Gasteiger partial charge is 0.255 e. The fourth-order valence-electron chi connectivity index (χ4n) is 5.23. The van der Waals surface area contributed by atoms with Gasteiger partial charge in [-0.05, 0) is 69.6 Å². The molecule has 1 saturated heterocycles. The molecule has 1 unspecified atom stereocenters. The van der Waals surface area contributed by atoms with Crippen LogP contribution in [0.2, 0.25) is 10.0 Å². The highest BCUT2D eigenvalue weighted by atomic mass is 35.5. The quantitative estimate of drug-likeness (QED) is 0.265. The van der Waals surface area contributed by atoms with Gasteiger partial charge in [-0.2, -0.15) is 0 Å². The van der Waals surface area contributed by atoms with Crippen molar-refractivity contribution in [2.45, 2.75) is 52.1 Å². The summed E-state index contributed by atoms with van der Waals surface area (Å²) in [7, 11) is 0. The van der Waals surface area contributed by atoms with Crippen LogP contribution >= 0.6 is 23.2 Å². The Morgan fingerprint density at radius 3 is 2.76 bits per heavy atom. The van der Waals surface area contributed by atoms with Crippen molar-refractivity contribution in [3.05, 3.63) is 58.1 Å². The molecule has 3 heterocycles. The van der Waals surface area contributed by atoms with E-state index in [4.69, 9.17) is 23.2 Å². The van der Waals surface area contributed by atoms with Crippen LogP contribution in [0.5, 0.6) is 0 Å². The standard InChI is InChI=1S/C28H33Cl2N7O/c1-4-36(5-2)15-19-8-6-7-11-37(19)28(38)20-14-24-21(13-22(20)30)27(32-16-31-24)33-17(3)26-34-23-10-9-18(29)12-25(23)35-26/h9-10,12-14,16-17,19H,4-8,11,15H2,1-3H3,(H,34,35)(H,31,32,33)/t17-,19?/m1/s1. The number of likely N-dealkylation sites (tertiary alicyclic amines) is 1. The summed E-state index contributed by atoms with van der Waals surface area (Å²) in [5, 5.41) is 5.21. The molecule has 1 aliphatic rings. The lowest BCUT2D eigenvalue weighted by Gasteiger charge is -2.38. The number of anilines is 1. The number of rotatable bonds is 8. The predicted molar refractivity (Wildman–Crippen MR) is 154 cm³/mol. The largest absolute Gasteiger partial charge is 0.360 e. The highest BCUT2D eigenvalue weighted by molar-refractivity contribution is 6.35. The number of nitrogens with one attached hydrogen (secondary N) is 2. The molecule has 0 spiro atoms. The lowest BCUT2D eigenvalue weighted by Crippen LogP contribution is -2.49. The zero-order chi connectivity index (χ0) is 26.8. The van der Waals surface area contributed by atoms with Crippen LogP contribution in [0.1, 0.15) is 62.3 Å². The maximum absolute atomic E-state index is 13.7. The monoisotopic (exact) mass is 553 g/mol. The third-order valence-electron chi connectivity index (χ3n) is 7.43. The Labute approximate surface area is 232 Å². The molecule has 0 radical (unpaired) electrons. The van der Waals surface area contributed by atoms with E-state index < -0.39 is 0 Å². The van der Waals surface area contributed by atoms with Crippen LogP contribution in [-0.4, -0.2) is 67.9 Å². The number of hydrogen-bond acceptors (Lipinski definition) is 6. The minimum atomic E-state index is -0.173. The molecule has 10 heteroatoms. The topological polar surface area (TPSA) is 90.0 Å². The van der Waals surface area contributed by atoms with Gasteiger partial charge in [0.25, 0.3) is 5.91 Å². The number of likely N-dealkylation sites (N-methyl/N-ethyl adjacent to an activating group) is 1. The molecule has 2 N–H and O–H groups in total. The van der Waals surface area contributed by atoms with Gasteiger partial charge in [0.2, 0.25) is 0 Å². The zero-order valence-electron chi connectivity index (χ0n) is 22.0. The lowest BCUT2D eigenvalue weighted by atomic mass is 9.99.